The van der Waals surface area contributed by atoms with Crippen LogP contribution in [0.5, 0.6) is 0 Å². The van der Waals surface area contributed by atoms with Crippen molar-refractivity contribution in [3.63, 3.8) is 0 Å². The zero-order chi connectivity index (χ0) is 14.8. The predicted octanol–water partition coefficient (Wildman–Crippen LogP) is 3.77. The second-order valence-corrected chi connectivity index (χ2v) is 5.59. The van der Waals surface area contributed by atoms with Crippen molar-refractivity contribution >= 4 is 5.82 Å². The van der Waals surface area contributed by atoms with E-state index in [1.165, 1.54) is 31.2 Å². The van der Waals surface area contributed by atoms with Gasteiger partial charge in [0.25, 0.3) is 0 Å². The summed E-state index contributed by atoms with van der Waals surface area (Å²) in [5, 5.41) is 0. The topological polar surface area (TPSA) is 42.1 Å². The molecule has 1 rings (SSSR count). The van der Waals surface area contributed by atoms with E-state index in [4.69, 9.17) is 5.73 Å². The molecule has 1 aromatic rings. The largest absolute Gasteiger partial charge is 0.357 e. The van der Waals surface area contributed by atoms with Gasteiger partial charge in [-0.25, -0.2) is 4.98 Å². The first-order valence-electron chi connectivity index (χ1n) is 8.16. The van der Waals surface area contributed by atoms with Crippen molar-refractivity contribution in [2.45, 2.75) is 65.3 Å². The van der Waals surface area contributed by atoms with Crippen LogP contribution in [0.15, 0.2) is 18.3 Å². The zero-order valence-electron chi connectivity index (χ0n) is 13.4. The Hall–Kier alpha value is -1.09. The van der Waals surface area contributed by atoms with Gasteiger partial charge in [0.1, 0.15) is 5.82 Å². The van der Waals surface area contributed by atoms with Crippen LogP contribution < -0.4 is 10.6 Å². The van der Waals surface area contributed by atoms with Crippen LogP contribution in [-0.4, -0.2) is 24.1 Å². The third-order valence-electron chi connectivity index (χ3n) is 3.72. The average Bonchev–Trinajstić information content (AvgIpc) is 2.48. The van der Waals surface area contributed by atoms with Gasteiger partial charge in [-0.05, 0) is 37.3 Å². The number of hydrogen-bond acceptors (Lipinski definition) is 3. The highest BCUT2D eigenvalue weighted by atomic mass is 15.2. The molecule has 0 aliphatic heterocycles. The first kappa shape index (κ1) is 17.0. The van der Waals surface area contributed by atoms with Crippen molar-refractivity contribution in [2.75, 3.05) is 18.0 Å². The van der Waals surface area contributed by atoms with E-state index < -0.39 is 0 Å². The molecule has 2 N–H and O–H groups in total. The number of pyridine rings is 1. The minimum atomic E-state index is 0.249. The third kappa shape index (κ3) is 5.91. The predicted molar refractivity (Wildman–Crippen MR) is 88.2 cm³/mol. The van der Waals surface area contributed by atoms with Crippen molar-refractivity contribution in [1.82, 2.24) is 4.98 Å². The van der Waals surface area contributed by atoms with Gasteiger partial charge in [-0.3, -0.25) is 0 Å². The van der Waals surface area contributed by atoms with Gasteiger partial charge in [0, 0.05) is 25.3 Å². The molecule has 0 aromatic carbocycles. The van der Waals surface area contributed by atoms with Crippen molar-refractivity contribution in [1.29, 1.82) is 0 Å². The number of hydrogen-bond donors (Lipinski definition) is 1. The molecule has 1 aromatic heterocycles. The van der Waals surface area contributed by atoms with Crippen LogP contribution in [0.4, 0.5) is 5.82 Å². The van der Waals surface area contributed by atoms with Gasteiger partial charge in [0.15, 0.2) is 0 Å². The number of nitrogens with two attached hydrogens (primary N) is 1. The highest BCUT2D eigenvalue weighted by Crippen LogP contribution is 2.14. The fourth-order valence-electron chi connectivity index (χ4n) is 2.21. The maximum Gasteiger partial charge on any atom is 0.128 e. The number of unbranched alkanes of at least 4 members (excludes halogenated alkanes) is 2. The maximum absolute atomic E-state index is 6.00. The second-order valence-electron chi connectivity index (χ2n) is 5.59. The van der Waals surface area contributed by atoms with E-state index in [1.54, 1.807) is 0 Å². The van der Waals surface area contributed by atoms with E-state index in [0.717, 1.165) is 31.7 Å². The summed E-state index contributed by atoms with van der Waals surface area (Å²) >= 11 is 0. The molecule has 20 heavy (non-hydrogen) atoms. The van der Waals surface area contributed by atoms with E-state index in [-0.39, 0.29) is 6.04 Å². The molecule has 3 nitrogen and oxygen atoms in total. The zero-order valence-corrected chi connectivity index (χ0v) is 13.4. The second kappa shape index (κ2) is 9.76. The van der Waals surface area contributed by atoms with Gasteiger partial charge in [-0.15, -0.1) is 0 Å². The van der Waals surface area contributed by atoms with Gasteiger partial charge in [-0.2, -0.15) is 0 Å². The molecule has 3 heteroatoms. The summed E-state index contributed by atoms with van der Waals surface area (Å²) in [5.74, 6) is 1.11. The summed E-state index contributed by atoms with van der Waals surface area (Å²) in [5.41, 5.74) is 7.24. The van der Waals surface area contributed by atoms with Crippen molar-refractivity contribution in [3.8, 4) is 0 Å². The molecule has 0 radical (unpaired) electrons. The number of rotatable bonds is 10. The molecule has 0 amide bonds. The highest BCUT2D eigenvalue weighted by molar-refractivity contribution is 5.39. The Kier molecular flexibility index (Phi) is 8.28. The van der Waals surface area contributed by atoms with Crippen molar-refractivity contribution < 1.29 is 0 Å². The lowest BCUT2D eigenvalue weighted by atomic mass is 10.1. The maximum atomic E-state index is 6.00. The van der Waals surface area contributed by atoms with E-state index in [1.807, 2.05) is 6.20 Å². The monoisotopic (exact) mass is 277 g/mol. The Balaban J connectivity index is 2.65. The molecule has 1 atom stereocenters. The summed E-state index contributed by atoms with van der Waals surface area (Å²) in [6.07, 6.45) is 8.85. The summed E-state index contributed by atoms with van der Waals surface area (Å²) in [4.78, 5) is 7.06. The van der Waals surface area contributed by atoms with Crippen LogP contribution in [-0.2, 0) is 6.42 Å². The van der Waals surface area contributed by atoms with E-state index >= 15 is 0 Å². The summed E-state index contributed by atoms with van der Waals surface area (Å²) in [6, 6.07) is 4.59. The third-order valence-corrected chi connectivity index (χ3v) is 3.72. The molecule has 114 valence electrons. The smallest absolute Gasteiger partial charge is 0.128 e. The van der Waals surface area contributed by atoms with Crippen LogP contribution >= 0.6 is 0 Å². The quantitative estimate of drug-likeness (QED) is 0.708. The number of anilines is 1. The lowest BCUT2D eigenvalue weighted by Gasteiger charge is -2.23. The highest BCUT2D eigenvalue weighted by Gasteiger charge is 2.08. The van der Waals surface area contributed by atoms with Crippen LogP contribution in [0.3, 0.4) is 0 Å². The number of nitrogens with zero attached hydrogens (tertiary/aromatic N) is 2. The molecular formula is C17H31N3. The summed E-state index contributed by atoms with van der Waals surface area (Å²) in [6.45, 7) is 8.82. The van der Waals surface area contributed by atoms with Crippen LogP contribution in [0.1, 0.15) is 58.4 Å². The lowest BCUT2D eigenvalue weighted by molar-refractivity contribution is 0.643. The van der Waals surface area contributed by atoms with Crippen LogP contribution in [0.25, 0.3) is 0 Å². The summed E-state index contributed by atoms with van der Waals surface area (Å²) < 4.78 is 0. The van der Waals surface area contributed by atoms with E-state index in [2.05, 4.69) is 42.8 Å². The number of aromatic nitrogens is 1. The van der Waals surface area contributed by atoms with Gasteiger partial charge in [-0.1, -0.05) is 39.7 Å². The lowest BCUT2D eigenvalue weighted by Crippen LogP contribution is -2.26. The minimum Gasteiger partial charge on any atom is -0.357 e. The average molecular weight is 277 g/mol. The first-order chi connectivity index (χ1) is 9.71. The van der Waals surface area contributed by atoms with Crippen molar-refractivity contribution in [2.24, 2.45) is 5.73 Å². The van der Waals surface area contributed by atoms with Crippen LogP contribution in [0, 0.1) is 0 Å². The van der Waals surface area contributed by atoms with Gasteiger partial charge in [0.2, 0.25) is 0 Å². The van der Waals surface area contributed by atoms with E-state index in [0.29, 0.717) is 0 Å². The molecule has 1 heterocycles. The molecule has 0 fully saturated rings. The fourth-order valence-corrected chi connectivity index (χ4v) is 2.21. The van der Waals surface area contributed by atoms with Crippen LogP contribution in [0.2, 0.25) is 0 Å². The SMILES string of the molecule is CCCCN(CCCC)c1ccc(CC(N)CC)cn1. The molecule has 0 saturated carbocycles. The Morgan fingerprint density at radius 2 is 1.75 bits per heavy atom. The Morgan fingerprint density at radius 3 is 2.20 bits per heavy atom. The van der Waals surface area contributed by atoms with Gasteiger partial charge in [0.05, 0.1) is 0 Å². The molecule has 0 aliphatic rings. The standard InChI is InChI=1S/C17H31N3/c1-4-7-11-20(12-8-5-2)17-10-9-15(14-19-17)13-16(18)6-3/h9-10,14,16H,4-8,11-13,18H2,1-3H3. The van der Waals surface area contributed by atoms with Crippen molar-refractivity contribution in [3.05, 3.63) is 23.9 Å². The molecule has 0 bridgehead atoms. The van der Waals surface area contributed by atoms with Gasteiger partial charge >= 0.3 is 0 Å². The Morgan fingerprint density at radius 1 is 1.10 bits per heavy atom. The molecular weight excluding hydrogens is 246 g/mol. The fraction of sp³-hybridized carbons (Fsp3) is 0.706. The Bertz CT molecular complexity index is 340. The molecule has 0 spiro atoms. The molecule has 0 saturated heterocycles. The summed E-state index contributed by atoms with van der Waals surface area (Å²) in [7, 11) is 0. The Labute approximate surface area is 124 Å². The molecule has 0 aliphatic carbocycles. The first-order valence-corrected chi connectivity index (χ1v) is 8.16. The normalized spacial score (nSPS) is 12.4. The van der Waals surface area contributed by atoms with Gasteiger partial charge < -0.3 is 10.6 Å². The van der Waals surface area contributed by atoms with E-state index in [9.17, 15) is 0 Å². The minimum absolute atomic E-state index is 0.249. The molecule has 1 unspecified atom stereocenters.